The highest BCUT2D eigenvalue weighted by molar-refractivity contribution is 5.86. The lowest BCUT2D eigenvalue weighted by atomic mass is 9.94. The standard InChI is InChI=1S/C13H18N6/c1-18-12-10(5-17-18)13(16-8-15-12)19-6-9-3-2-4-14-11(9)7-19/h5,8-9,11,14H,2-4,6-7H2,1H3. The molecule has 0 aromatic carbocycles. The SMILES string of the molecule is Cn1ncc2c(N3CC4CCCNC4C3)ncnc21. The van der Waals surface area contributed by atoms with E-state index in [1.807, 2.05) is 17.9 Å². The number of rotatable bonds is 1. The first kappa shape index (κ1) is 11.2. The van der Waals surface area contributed by atoms with Gasteiger partial charge in [-0.2, -0.15) is 5.10 Å². The van der Waals surface area contributed by atoms with Crippen molar-refractivity contribution < 1.29 is 0 Å². The average Bonchev–Trinajstić information content (AvgIpc) is 3.03. The number of hydrogen-bond acceptors (Lipinski definition) is 5. The second-order valence-electron chi connectivity index (χ2n) is 5.57. The molecule has 100 valence electrons. The van der Waals surface area contributed by atoms with Crippen LogP contribution in [0.3, 0.4) is 0 Å². The van der Waals surface area contributed by atoms with E-state index in [9.17, 15) is 0 Å². The van der Waals surface area contributed by atoms with Crippen molar-refractivity contribution in [1.82, 2.24) is 25.1 Å². The molecule has 2 unspecified atom stereocenters. The van der Waals surface area contributed by atoms with Gasteiger partial charge in [0, 0.05) is 26.2 Å². The van der Waals surface area contributed by atoms with Gasteiger partial charge in [-0.05, 0) is 25.3 Å². The minimum absolute atomic E-state index is 0.621. The van der Waals surface area contributed by atoms with E-state index in [-0.39, 0.29) is 0 Å². The smallest absolute Gasteiger partial charge is 0.163 e. The van der Waals surface area contributed by atoms with Crippen LogP contribution in [0.15, 0.2) is 12.5 Å². The van der Waals surface area contributed by atoms with Gasteiger partial charge >= 0.3 is 0 Å². The van der Waals surface area contributed by atoms with Gasteiger partial charge in [-0.3, -0.25) is 4.68 Å². The molecule has 4 heterocycles. The molecule has 0 spiro atoms. The topological polar surface area (TPSA) is 58.9 Å². The molecule has 4 rings (SSSR count). The molecule has 2 aliphatic heterocycles. The summed E-state index contributed by atoms with van der Waals surface area (Å²) in [7, 11) is 1.92. The summed E-state index contributed by atoms with van der Waals surface area (Å²) < 4.78 is 1.81. The molecule has 2 aliphatic rings. The quantitative estimate of drug-likeness (QED) is 0.809. The Balaban J connectivity index is 1.71. The molecule has 0 bridgehead atoms. The monoisotopic (exact) mass is 258 g/mol. The van der Waals surface area contributed by atoms with Crippen molar-refractivity contribution in [2.75, 3.05) is 24.5 Å². The molecular weight excluding hydrogens is 240 g/mol. The lowest BCUT2D eigenvalue weighted by Crippen LogP contribution is -2.40. The number of hydrogen-bond donors (Lipinski definition) is 1. The Kier molecular flexibility index (Phi) is 2.44. The van der Waals surface area contributed by atoms with Crippen LogP contribution in [0.5, 0.6) is 0 Å². The van der Waals surface area contributed by atoms with Crippen LogP contribution in [0.25, 0.3) is 11.0 Å². The van der Waals surface area contributed by atoms with E-state index < -0.39 is 0 Å². The van der Waals surface area contributed by atoms with Crippen molar-refractivity contribution in [3.05, 3.63) is 12.5 Å². The van der Waals surface area contributed by atoms with Crippen molar-refractivity contribution in [1.29, 1.82) is 0 Å². The van der Waals surface area contributed by atoms with Crippen LogP contribution in [0.1, 0.15) is 12.8 Å². The second kappa shape index (κ2) is 4.16. The van der Waals surface area contributed by atoms with E-state index in [0.717, 1.165) is 42.4 Å². The predicted molar refractivity (Wildman–Crippen MR) is 73.0 cm³/mol. The molecule has 2 saturated heterocycles. The van der Waals surface area contributed by atoms with Gasteiger partial charge in [0.2, 0.25) is 0 Å². The Labute approximate surface area is 111 Å². The number of nitrogens with zero attached hydrogens (tertiary/aromatic N) is 5. The van der Waals surface area contributed by atoms with Gasteiger partial charge in [-0.1, -0.05) is 0 Å². The Hall–Kier alpha value is -1.69. The van der Waals surface area contributed by atoms with Crippen LogP contribution in [0.4, 0.5) is 5.82 Å². The first-order valence-electron chi connectivity index (χ1n) is 6.94. The normalized spacial score (nSPS) is 26.9. The fraction of sp³-hybridized carbons (Fsp3) is 0.615. The number of piperidine rings is 1. The van der Waals surface area contributed by atoms with Crippen molar-refractivity contribution >= 4 is 16.9 Å². The zero-order valence-corrected chi connectivity index (χ0v) is 11.1. The maximum absolute atomic E-state index is 4.49. The maximum atomic E-state index is 4.49. The van der Waals surface area contributed by atoms with Gasteiger partial charge in [0.15, 0.2) is 5.65 Å². The van der Waals surface area contributed by atoms with E-state index in [1.54, 1.807) is 6.33 Å². The molecular formula is C13H18N6. The van der Waals surface area contributed by atoms with Gasteiger partial charge in [-0.15, -0.1) is 0 Å². The van der Waals surface area contributed by atoms with Gasteiger partial charge in [-0.25, -0.2) is 9.97 Å². The molecule has 1 N–H and O–H groups in total. The Morgan fingerprint density at radius 3 is 3.16 bits per heavy atom. The molecule has 6 heteroatoms. The molecule has 2 fully saturated rings. The molecule has 0 amide bonds. The lowest BCUT2D eigenvalue weighted by molar-refractivity contribution is 0.340. The first-order valence-corrected chi connectivity index (χ1v) is 6.94. The van der Waals surface area contributed by atoms with Crippen molar-refractivity contribution in [2.24, 2.45) is 13.0 Å². The van der Waals surface area contributed by atoms with Gasteiger partial charge < -0.3 is 10.2 Å². The summed E-state index contributed by atoms with van der Waals surface area (Å²) in [5, 5.41) is 8.98. The Morgan fingerprint density at radius 2 is 2.26 bits per heavy atom. The molecule has 2 atom stereocenters. The summed E-state index contributed by atoms with van der Waals surface area (Å²) in [6, 6.07) is 0.621. The molecule has 2 aromatic heterocycles. The predicted octanol–water partition coefficient (Wildman–Crippen LogP) is 0.551. The van der Waals surface area contributed by atoms with Crippen LogP contribution < -0.4 is 10.2 Å². The zero-order valence-electron chi connectivity index (χ0n) is 11.1. The molecule has 0 aliphatic carbocycles. The number of fused-ring (bicyclic) bond motifs is 2. The van der Waals surface area contributed by atoms with E-state index in [1.165, 1.54) is 12.8 Å². The van der Waals surface area contributed by atoms with Crippen LogP contribution in [-0.4, -0.2) is 45.4 Å². The Morgan fingerprint density at radius 1 is 1.32 bits per heavy atom. The van der Waals surface area contributed by atoms with E-state index in [0.29, 0.717) is 6.04 Å². The number of aromatic nitrogens is 4. The van der Waals surface area contributed by atoms with Crippen LogP contribution in [-0.2, 0) is 7.05 Å². The Bertz CT molecular complexity index is 592. The largest absolute Gasteiger partial charge is 0.354 e. The summed E-state index contributed by atoms with van der Waals surface area (Å²) in [4.78, 5) is 11.2. The van der Waals surface area contributed by atoms with Crippen molar-refractivity contribution in [3.63, 3.8) is 0 Å². The maximum Gasteiger partial charge on any atom is 0.163 e. The summed E-state index contributed by atoms with van der Waals surface area (Å²) in [6.07, 6.45) is 6.14. The van der Waals surface area contributed by atoms with Crippen LogP contribution >= 0.6 is 0 Å². The first-order chi connectivity index (χ1) is 9.33. The highest BCUT2D eigenvalue weighted by Crippen LogP contribution is 2.31. The second-order valence-corrected chi connectivity index (χ2v) is 5.57. The van der Waals surface area contributed by atoms with Gasteiger partial charge in [0.05, 0.1) is 11.6 Å². The minimum Gasteiger partial charge on any atom is -0.354 e. The minimum atomic E-state index is 0.621. The molecule has 0 saturated carbocycles. The van der Waals surface area contributed by atoms with E-state index in [4.69, 9.17) is 0 Å². The third-order valence-electron chi connectivity index (χ3n) is 4.41. The zero-order chi connectivity index (χ0) is 12.8. The summed E-state index contributed by atoms with van der Waals surface area (Å²) >= 11 is 0. The lowest BCUT2D eigenvalue weighted by Gasteiger charge is -2.24. The number of nitrogens with one attached hydrogen (secondary N) is 1. The van der Waals surface area contributed by atoms with Crippen molar-refractivity contribution in [2.45, 2.75) is 18.9 Å². The summed E-state index contributed by atoms with van der Waals surface area (Å²) in [6.45, 7) is 3.30. The molecule has 0 radical (unpaired) electrons. The molecule has 19 heavy (non-hydrogen) atoms. The van der Waals surface area contributed by atoms with Crippen LogP contribution in [0, 0.1) is 5.92 Å². The van der Waals surface area contributed by atoms with E-state index >= 15 is 0 Å². The van der Waals surface area contributed by atoms with Crippen molar-refractivity contribution in [3.8, 4) is 0 Å². The van der Waals surface area contributed by atoms with E-state index in [2.05, 4.69) is 25.3 Å². The van der Waals surface area contributed by atoms with Gasteiger partial charge in [0.1, 0.15) is 12.1 Å². The number of aryl methyl sites for hydroxylation is 1. The summed E-state index contributed by atoms with van der Waals surface area (Å²) in [5.41, 5.74) is 0.910. The third kappa shape index (κ3) is 1.70. The highest BCUT2D eigenvalue weighted by atomic mass is 15.3. The fourth-order valence-corrected chi connectivity index (χ4v) is 3.42. The average molecular weight is 258 g/mol. The number of anilines is 1. The summed E-state index contributed by atoms with van der Waals surface area (Å²) in [5.74, 6) is 1.80. The van der Waals surface area contributed by atoms with Gasteiger partial charge in [0.25, 0.3) is 0 Å². The fourth-order valence-electron chi connectivity index (χ4n) is 3.42. The van der Waals surface area contributed by atoms with Crippen LogP contribution in [0.2, 0.25) is 0 Å². The molecule has 2 aromatic rings. The third-order valence-corrected chi connectivity index (χ3v) is 4.41. The molecule has 6 nitrogen and oxygen atoms in total. The highest BCUT2D eigenvalue weighted by Gasteiger charge is 2.35.